The van der Waals surface area contributed by atoms with Crippen molar-refractivity contribution in [2.75, 3.05) is 26.3 Å². The molecular weight excluding hydrogens is 222 g/mol. The molecular formula is C16H29NO. The van der Waals surface area contributed by atoms with Crippen LogP contribution in [0.3, 0.4) is 0 Å². The van der Waals surface area contributed by atoms with Crippen LogP contribution in [0, 0.1) is 0 Å². The highest BCUT2D eigenvalue weighted by Crippen LogP contribution is 2.20. The van der Waals surface area contributed by atoms with Gasteiger partial charge in [0.25, 0.3) is 0 Å². The lowest BCUT2D eigenvalue weighted by atomic mass is 10.0. The molecule has 0 N–H and O–H groups in total. The van der Waals surface area contributed by atoms with E-state index in [4.69, 9.17) is 4.74 Å². The summed E-state index contributed by atoms with van der Waals surface area (Å²) in [7, 11) is 0. The third-order valence-electron chi connectivity index (χ3n) is 4.18. The molecule has 104 valence electrons. The molecule has 0 saturated carbocycles. The van der Waals surface area contributed by atoms with Crippen molar-refractivity contribution >= 4 is 0 Å². The zero-order chi connectivity index (χ0) is 12.5. The molecule has 0 unspecified atom stereocenters. The van der Waals surface area contributed by atoms with Crippen molar-refractivity contribution in [3.05, 3.63) is 11.8 Å². The summed E-state index contributed by atoms with van der Waals surface area (Å²) in [5.74, 6) is 0. The predicted octanol–water partition coefficient (Wildman–Crippen LogP) is 4.12. The van der Waals surface area contributed by atoms with Crippen molar-refractivity contribution in [1.29, 1.82) is 0 Å². The molecule has 2 aliphatic rings. The van der Waals surface area contributed by atoms with Crippen LogP contribution >= 0.6 is 0 Å². The first kappa shape index (κ1) is 13.9. The number of hydrogen-bond donors (Lipinski definition) is 0. The average molecular weight is 251 g/mol. The molecule has 18 heavy (non-hydrogen) atoms. The zero-order valence-corrected chi connectivity index (χ0v) is 11.8. The number of hydrogen-bond acceptors (Lipinski definition) is 2. The van der Waals surface area contributed by atoms with Gasteiger partial charge in [-0.1, -0.05) is 44.6 Å². The molecule has 1 aliphatic heterocycles. The number of ether oxygens (including phenoxy) is 1. The fraction of sp³-hybridized carbons (Fsp3) is 0.875. The first-order chi connectivity index (χ1) is 8.97. The van der Waals surface area contributed by atoms with Crippen LogP contribution < -0.4 is 0 Å². The Morgan fingerprint density at radius 2 is 1.39 bits per heavy atom. The Kier molecular flexibility index (Phi) is 6.63. The predicted molar refractivity (Wildman–Crippen MR) is 76.6 cm³/mol. The summed E-state index contributed by atoms with van der Waals surface area (Å²) in [6, 6.07) is 0. The van der Waals surface area contributed by atoms with Crippen molar-refractivity contribution in [2.45, 2.75) is 64.2 Å². The maximum absolute atomic E-state index is 5.46. The SMILES string of the molecule is C1=C(/N2CCOCC2)CCCCCCCCCC/1. The molecule has 2 nitrogen and oxygen atoms in total. The summed E-state index contributed by atoms with van der Waals surface area (Å²) in [6.45, 7) is 4.03. The zero-order valence-electron chi connectivity index (χ0n) is 11.8. The van der Waals surface area contributed by atoms with E-state index in [0.29, 0.717) is 0 Å². The van der Waals surface area contributed by atoms with E-state index in [9.17, 15) is 0 Å². The van der Waals surface area contributed by atoms with E-state index >= 15 is 0 Å². The van der Waals surface area contributed by atoms with Crippen LogP contribution in [0.15, 0.2) is 11.8 Å². The van der Waals surface area contributed by atoms with Crippen molar-refractivity contribution in [3.8, 4) is 0 Å². The Bertz CT molecular complexity index is 243. The normalized spacial score (nSPS) is 27.8. The third-order valence-corrected chi connectivity index (χ3v) is 4.18. The van der Waals surface area contributed by atoms with E-state index in [2.05, 4.69) is 11.0 Å². The van der Waals surface area contributed by atoms with E-state index in [1.807, 2.05) is 0 Å². The Balaban J connectivity index is 1.85. The second kappa shape index (κ2) is 8.58. The van der Waals surface area contributed by atoms with Crippen LogP contribution in [0.4, 0.5) is 0 Å². The average Bonchev–Trinajstić information content (AvgIpc) is 2.40. The smallest absolute Gasteiger partial charge is 0.0642 e. The molecule has 1 fully saturated rings. The highest BCUT2D eigenvalue weighted by atomic mass is 16.5. The van der Waals surface area contributed by atoms with E-state index in [1.54, 1.807) is 5.70 Å². The molecule has 0 spiro atoms. The van der Waals surface area contributed by atoms with Crippen molar-refractivity contribution < 1.29 is 4.74 Å². The molecule has 1 heterocycles. The second-order valence-corrected chi connectivity index (χ2v) is 5.66. The lowest BCUT2D eigenvalue weighted by molar-refractivity contribution is 0.0517. The third kappa shape index (κ3) is 5.01. The van der Waals surface area contributed by atoms with Crippen molar-refractivity contribution in [1.82, 2.24) is 4.90 Å². The topological polar surface area (TPSA) is 12.5 Å². The Morgan fingerprint density at radius 3 is 2.11 bits per heavy atom. The van der Waals surface area contributed by atoms with Crippen LogP contribution in [-0.4, -0.2) is 31.2 Å². The number of allylic oxidation sites excluding steroid dienone is 2. The minimum Gasteiger partial charge on any atom is -0.378 e. The van der Waals surface area contributed by atoms with Crippen LogP contribution in [0.2, 0.25) is 0 Å². The van der Waals surface area contributed by atoms with Crippen LogP contribution in [0.25, 0.3) is 0 Å². The van der Waals surface area contributed by atoms with Gasteiger partial charge in [-0.25, -0.2) is 0 Å². The first-order valence-corrected chi connectivity index (χ1v) is 7.98. The monoisotopic (exact) mass is 251 g/mol. The lowest BCUT2D eigenvalue weighted by Crippen LogP contribution is -2.35. The molecule has 2 rings (SSSR count). The summed E-state index contributed by atoms with van der Waals surface area (Å²) in [6.07, 6.45) is 16.5. The number of rotatable bonds is 1. The van der Waals surface area contributed by atoms with E-state index in [0.717, 1.165) is 26.3 Å². The van der Waals surface area contributed by atoms with Gasteiger partial charge < -0.3 is 9.64 Å². The Labute approximate surface area is 112 Å². The van der Waals surface area contributed by atoms with E-state index in [-0.39, 0.29) is 0 Å². The molecule has 0 atom stereocenters. The molecule has 0 amide bonds. The van der Waals surface area contributed by atoms with Crippen LogP contribution in [-0.2, 0) is 4.74 Å². The van der Waals surface area contributed by atoms with Gasteiger partial charge in [0.2, 0.25) is 0 Å². The van der Waals surface area contributed by atoms with Gasteiger partial charge in [0.1, 0.15) is 0 Å². The molecule has 1 saturated heterocycles. The number of nitrogens with zero attached hydrogens (tertiary/aromatic N) is 1. The quantitative estimate of drug-likeness (QED) is 0.695. The molecule has 0 bridgehead atoms. The molecule has 2 heteroatoms. The largest absolute Gasteiger partial charge is 0.378 e. The minimum atomic E-state index is 0.914. The van der Waals surface area contributed by atoms with Gasteiger partial charge in [0, 0.05) is 18.8 Å². The van der Waals surface area contributed by atoms with E-state index < -0.39 is 0 Å². The highest BCUT2D eigenvalue weighted by molar-refractivity contribution is 5.02. The Morgan fingerprint density at radius 1 is 0.778 bits per heavy atom. The summed E-state index contributed by atoms with van der Waals surface area (Å²) >= 11 is 0. The summed E-state index contributed by atoms with van der Waals surface area (Å²) in [4.78, 5) is 2.56. The van der Waals surface area contributed by atoms with Gasteiger partial charge >= 0.3 is 0 Å². The lowest BCUT2D eigenvalue weighted by Gasteiger charge is -2.31. The maximum atomic E-state index is 5.46. The van der Waals surface area contributed by atoms with E-state index in [1.165, 1.54) is 64.2 Å². The Hall–Kier alpha value is -0.500. The van der Waals surface area contributed by atoms with Crippen LogP contribution in [0.1, 0.15) is 64.2 Å². The molecule has 0 radical (unpaired) electrons. The summed E-state index contributed by atoms with van der Waals surface area (Å²) in [5.41, 5.74) is 1.61. The molecule has 0 aromatic carbocycles. The van der Waals surface area contributed by atoms with Gasteiger partial charge in [-0.15, -0.1) is 0 Å². The molecule has 0 aromatic rings. The summed E-state index contributed by atoms with van der Waals surface area (Å²) < 4.78 is 5.46. The molecule has 1 aliphatic carbocycles. The fourth-order valence-electron chi connectivity index (χ4n) is 3.02. The van der Waals surface area contributed by atoms with Crippen molar-refractivity contribution in [2.24, 2.45) is 0 Å². The first-order valence-electron chi connectivity index (χ1n) is 7.98. The second-order valence-electron chi connectivity index (χ2n) is 5.66. The van der Waals surface area contributed by atoms with Gasteiger partial charge in [-0.3, -0.25) is 0 Å². The van der Waals surface area contributed by atoms with Gasteiger partial charge in [0.15, 0.2) is 0 Å². The van der Waals surface area contributed by atoms with Crippen molar-refractivity contribution in [3.63, 3.8) is 0 Å². The van der Waals surface area contributed by atoms with Gasteiger partial charge in [-0.05, 0) is 25.7 Å². The number of morpholine rings is 1. The standard InChI is InChI=1S/C16H29NO/c1-2-4-6-8-10-16(11-9-7-5-3-1)17-12-14-18-15-13-17/h10H,1-9,11-15H2/b16-10+. The summed E-state index contributed by atoms with van der Waals surface area (Å²) in [5, 5.41) is 0. The maximum Gasteiger partial charge on any atom is 0.0642 e. The highest BCUT2D eigenvalue weighted by Gasteiger charge is 2.13. The van der Waals surface area contributed by atoms with Gasteiger partial charge in [0.05, 0.1) is 13.2 Å². The minimum absolute atomic E-state index is 0.914. The molecule has 0 aromatic heterocycles. The van der Waals surface area contributed by atoms with Gasteiger partial charge in [-0.2, -0.15) is 0 Å². The van der Waals surface area contributed by atoms with Crippen LogP contribution in [0.5, 0.6) is 0 Å². The fourth-order valence-corrected chi connectivity index (χ4v) is 3.02.